The Morgan fingerprint density at radius 2 is 2.00 bits per heavy atom. The molecular formula is C15H22N4O. The van der Waals surface area contributed by atoms with Crippen molar-refractivity contribution in [2.75, 3.05) is 32.5 Å². The number of aliphatic hydroxyl groups is 1. The second-order valence-electron chi connectivity index (χ2n) is 5.29. The smallest absolute Gasteiger partial charge is 0.137 e. The molecule has 1 heterocycles. The van der Waals surface area contributed by atoms with Crippen LogP contribution in [0.3, 0.4) is 0 Å². The quantitative estimate of drug-likeness (QED) is 0.836. The van der Waals surface area contributed by atoms with Gasteiger partial charge in [0.1, 0.15) is 11.6 Å². The fraction of sp³-hybridized carbons (Fsp3) is 0.467. The summed E-state index contributed by atoms with van der Waals surface area (Å²) in [5.74, 6) is 1.62. The molecule has 5 heteroatoms. The molecule has 0 aliphatic heterocycles. The first-order valence-corrected chi connectivity index (χ1v) is 6.88. The summed E-state index contributed by atoms with van der Waals surface area (Å²) in [5.41, 5.74) is 0.935. The van der Waals surface area contributed by atoms with Crippen LogP contribution >= 0.6 is 0 Å². The highest BCUT2D eigenvalue weighted by Gasteiger charge is 2.08. The van der Waals surface area contributed by atoms with E-state index in [1.165, 1.54) is 0 Å². The summed E-state index contributed by atoms with van der Waals surface area (Å²) >= 11 is 0. The van der Waals surface area contributed by atoms with Crippen LogP contribution in [0.2, 0.25) is 0 Å². The lowest BCUT2D eigenvalue weighted by molar-refractivity contribution is 0.208. The van der Waals surface area contributed by atoms with Crippen LogP contribution in [0.5, 0.6) is 0 Å². The summed E-state index contributed by atoms with van der Waals surface area (Å²) in [6, 6.07) is 7.93. The second-order valence-corrected chi connectivity index (χ2v) is 5.29. The fourth-order valence-corrected chi connectivity index (χ4v) is 1.94. The monoisotopic (exact) mass is 274 g/mol. The summed E-state index contributed by atoms with van der Waals surface area (Å²) < 4.78 is 0. The van der Waals surface area contributed by atoms with E-state index in [0.717, 1.165) is 35.5 Å². The maximum atomic E-state index is 9.42. The number of aromatic nitrogens is 2. The van der Waals surface area contributed by atoms with Crippen molar-refractivity contribution in [2.45, 2.75) is 19.4 Å². The molecule has 0 bridgehead atoms. The summed E-state index contributed by atoms with van der Waals surface area (Å²) in [6.07, 6.45) is 0.398. The Morgan fingerprint density at radius 3 is 2.70 bits per heavy atom. The van der Waals surface area contributed by atoms with Gasteiger partial charge in [-0.25, -0.2) is 9.97 Å². The van der Waals surface area contributed by atoms with E-state index in [0.29, 0.717) is 6.54 Å². The molecule has 0 radical (unpaired) electrons. The van der Waals surface area contributed by atoms with Gasteiger partial charge >= 0.3 is 0 Å². The minimum Gasteiger partial charge on any atom is -0.392 e. The molecule has 0 saturated heterocycles. The Bertz CT molecular complexity index is 569. The van der Waals surface area contributed by atoms with Crippen LogP contribution in [-0.2, 0) is 6.42 Å². The van der Waals surface area contributed by atoms with Crippen LogP contribution in [0.4, 0.5) is 5.82 Å². The van der Waals surface area contributed by atoms with E-state index in [4.69, 9.17) is 0 Å². The zero-order valence-electron chi connectivity index (χ0n) is 12.3. The minimum absolute atomic E-state index is 0.408. The van der Waals surface area contributed by atoms with Crippen LogP contribution < -0.4 is 5.32 Å². The van der Waals surface area contributed by atoms with Crippen LogP contribution in [0.1, 0.15) is 12.7 Å². The SMILES string of the molecule is C[C@H](O)CNc1nc(CCN(C)C)nc2ccccc12. The standard InChI is InChI=1S/C15H22N4O/c1-11(20)10-16-15-12-6-4-5-7-13(12)17-14(18-15)8-9-19(2)3/h4-7,11,20H,8-10H2,1-3H3,(H,16,17,18)/t11-/m0/s1. The van der Waals surface area contributed by atoms with Gasteiger partial charge in [-0.05, 0) is 33.2 Å². The number of aliphatic hydroxyl groups excluding tert-OH is 1. The molecule has 2 N–H and O–H groups in total. The van der Waals surface area contributed by atoms with Gasteiger partial charge in [0, 0.05) is 24.9 Å². The van der Waals surface area contributed by atoms with Gasteiger partial charge in [-0.15, -0.1) is 0 Å². The molecule has 2 rings (SSSR count). The number of benzene rings is 1. The van der Waals surface area contributed by atoms with Crippen LogP contribution in [0, 0.1) is 0 Å². The highest BCUT2D eigenvalue weighted by molar-refractivity contribution is 5.88. The molecule has 0 unspecified atom stereocenters. The maximum absolute atomic E-state index is 9.42. The van der Waals surface area contributed by atoms with E-state index in [1.807, 2.05) is 38.4 Å². The molecule has 108 valence electrons. The highest BCUT2D eigenvalue weighted by Crippen LogP contribution is 2.20. The van der Waals surface area contributed by atoms with Gasteiger partial charge in [0.2, 0.25) is 0 Å². The summed E-state index contributed by atoms with van der Waals surface area (Å²) in [4.78, 5) is 11.3. The first-order chi connectivity index (χ1) is 9.56. The van der Waals surface area contributed by atoms with Gasteiger partial charge in [0.05, 0.1) is 11.6 Å². The number of nitrogens with one attached hydrogen (secondary N) is 1. The Kier molecular flexibility index (Phi) is 4.87. The maximum Gasteiger partial charge on any atom is 0.137 e. The molecule has 0 saturated carbocycles. The molecule has 5 nitrogen and oxygen atoms in total. The number of likely N-dealkylation sites (N-methyl/N-ethyl adjacent to an activating group) is 1. The topological polar surface area (TPSA) is 61.3 Å². The molecule has 0 aliphatic rings. The molecule has 1 atom stereocenters. The molecule has 2 aromatic rings. The number of rotatable bonds is 6. The van der Waals surface area contributed by atoms with Gasteiger partial charge < -0.3 is 15.3 Å². The predicted octanol–water partition coefficient (Wildman–Crippen LogP) is 1.53. The Morgan fingerprint density at radius 1 is 1.25 bits per heavy atom. The molecule has 20 heavy (non-hydrogen) atoms. The highest BCUT2D eigenvalue weighted by atomic mass is 16.3. The molecule has 1 aromatic heterocycles. The van der Waals surface area contributed by atoms with E-state index in [2.05, 4.69) is 20.2 Å². The molecule has 1 aromatic carbocycles. The molecule has 0 fully saturated rings. The van der Waals surface area contributed by atoms with Gasteiger partial charge in [-0.1, -0.05) is 12.1 Å². The van der Waals surface area contributed by atoms with Gasteiger partial charge in [-0.3, -0.25) is 0 Å². The fourth-order valence-electron chi connectivity index (χ4n) is 1.94. The first-order valence-electron chi connectivity index (χ1n) is 6.88. The van der Waals surface area contributed by atoms with Crippen LogP contribution in [-0.4, -0.2) is 53.3 Å². The average molecular weight is 274 g/mol. The lowest BCUT2D eigenvalue weighted by Crippen LogP contribution is -2.19. The Hall–Kier alpha value is -1.72. The largest absolute Gasteiger partial charge is 0.392 e. The molecule has 0 spiro atoms. The average Bonchev–Trinajstić information content (AvgIpc) is 2.42. The number of nitrogens with zero attached hydrogens (tertiary/aromatic N) is 3. The van der Waals surface area contributed by atoms with Crippen molar-refractivity contribution < 1.29 is 5.11 Å². The van der Waals surface area contributed by atoms with Crippen molar-refractivity contribution in [3.05, 3.63) is 30.1 Å². The third-order valence-corrected chi connectivity index (χ3v) is 3.00. The molecule has 0 amide bonds. The van der Waals surface area contributed by atoms with Crippen molar-refractivity contribution in [3.8, 4) is 0 Å². The number of hydrogen-bond acceptors (Lipinski definition) is 5. The van der Waals surface area contributed by atoms with E-state index in [-0.39, 0.29) is 0 Å². The van der Waals surface area contributed by atoms with E-state index >= 15 is 0 Å². The first kappa shape index (κ1) is 14.7. The molecule has 0 aliphatic carbocycles. The third kappa shape index (κ3) is 3.88. The van der Waals surface area contributed by atoms with E-state index < -0.39 is 6.10 Å². The summed E-state index contributed by atoms with van der Waals surface area (Å²) in [5, 5.41) is 13.6. The van der Waals surface area contributed by atoms with Crippen molar-refractivity contribution in [2.24, 2.45) is 0 Å². The van der Waals surface area contributed by atoms with Crippen molar-refractivity contribution >= 4 is 16.7 Å². The van der Waals surface area contributed by atoms with Gasteiger partial charge in [0.25, 0.3) is 0 Å². The number of para-hydroxylation sites is 1. The molecular weight excluding hydrogens is 252 g/mol. The lowest BCUT2D eigenvalue weighted by Gasteiger charge is -2.13. The van der Waals surface area contributed by atoms with Gasteiger partial charge in [0.15, 0.2) is 0 Å². The summed E-state index contributed by atoms with van der Waals surface area (Å²) in [6.45, 7) is 3.14. The zero-order chi connectivity index (χ0) is 14.5. The van der Waals surface area contributed by atoms with Crippen molar-refractivity contribution in [1.29, 1.82) is 0 Å². The number of hydrogen-bond donors (Lipinski definition) is 2. The van der Waals surface area contributed by atoms with Crippen LogP contribution in [0.25, 0.3) is 10.9 Å². The van der Waals surface area contributed by atoms with Crippen molar-refractivity contribution in [1.82, 2.24) is 14.9 Å². The predicted molar refractivity (Wildman–Crippen MR) is 82.0 cm³/mol. The normalized spacial score (nSPS) is 12.8. The lowest BCUT2D eigenvalue weighted by atomic mass is 10.2. The zero-order valence-corrected chi connectivity index (χ0v) is 12.3. The van der Waals surface area contributed by atoms with Crippen LogP contribution in [0.15, 0.2) is 24.3 Å². The Labute approximate surface area is 119 Å². The minimum atomic E-state index is -0.408. The third-order valence-electron chi connectivity index (χ3n) is 3.00. The van der Waals surface area contributed by atoms with E-state index in [9.17, 15) is 5.11 Å². The summed E-state index contributed by atoms with van der Waals surface area (Å²) in [7, 11) is 4.07. The Balaban J connectivity index is 2.31. The number of anilines is 1. The van der Waals surface area contributed by atoms with E-state index in [1.54, 1.807) is 6.92 Å². The second kappa shape index (κ2) is 6.63. The van der Waals surface area contributed by atoms with Gasteiger partial charge in [-0.2, -0.15) is 0 Å². The number of fused-ring (bicyclic) bond motifs is 1. The van der Waals surface area contributed by atoms with Crippen molar-refractivity contribution in [3.63, 3.8) is 0 Å².